The predicted molar refractivity (Wildman–Crippen MR) is 128 cm³/mol. The maximum Gasteiger partial charge on any atom is 0.352 e. The maximum atomic E-state index is 12.8. The number of para-hydroxylation sites is 1. The van der Waals surface area contributed by atoms with Crippen molar-refractivity contribution in [3.8, 4) is 5.75 Å². The highest BCUT2D eigenvalue weighted by Gasteiger charge is 2.47. The minimum absolute atomic E-state index is 0.0324. The van der Waals surface area contributed by atoms with E-state index in [9.17, 15) is 14.4 Å². The number of ether oxygens (including phenoxy) is 2. The number of carbonyl (C=O) groups is 3. The standard InChI is InChI=1S/C27H28ClNO5/c1-17(30)19-12-14-27(15-13-19,20-8-10-21(28)11-9-20)24-16-23(25(31)29-24)33-18(2)26(32)34-22-6-4-3-5-7-22/h3-11,16,18-19,24H,12-15H2,1-2H3,(H,29,31)/t18-,19?,24-,27?/m1/s1. The first-order valence-electron chi connectivity index (χ1n) is 11.5. The van der Waals surface area contributed by atoms with Gasteiger partial charge in [0.25, 0.3) is 5.91 Å². The molecule has 1 heterocycles. The lowest BCUT2D eigenvalue weighted by Gasteiger charge is -2.43. The molecule has 1 aliphatic carbocycles. The van der Waals surface area contributed by atoms with Crippen LogP contribution in [0, 0.1) is 5.92 Å². The van der Waals surface area contributed by atoms with Crippen LogP contribution in [0.1, 0.15) is 45.1 Å². The van der Waals surface area contributed by atoms with Gasteiger partial charge in [-0.3, -0.25) is 9.59 Å². The van der Waals surface area contributed by atoms with Crippen molar-refractivity contribution in [2.45, 2.75) is 57.1 Å². The molecule has 0 aromatic heterocycles. The molecule has 2 aliphatic rings. The van der Waals surface area contributed by atoms with E-state index in [1.807, 2.05) is 30.3 Å². The number of esters is 1. The van der Waals surface area contributed by atoms with Crippen molar-refractivity contribution in [2.75, 3.05) is 0 Å². The van der Waals surface area contributed by atoms with E-state index in [1.165, 1.54) is 0 Å². The molecule has 1 fully saturated rings. The lowest BCUT2D eigenvalue weighted by atomic mass is 9.62. The molecular formula is C27H28ClNO5. The van der Waals surface area contributed by atoms with Crippen molar-refractivity contribution in [3.05, 3.63) is 77.0 Å². The van der Waals surface area contributed by atoms with Crippen molar-refractivity contribution in [2.24, 2.45) is 5.92 Å². The third kappa shape index (κ3) is 5.02. The van der Waals surface area contributed by atoms with E-state index < -0.39 is 17.5 Å². The summed E-state index contributed by atoms with van der Waals surface area (Å²) in [5.41, 5.74) is 0.656. The molecule has 1 aliphatic heterocycles. The van der Waals surface area contributed by atoms with Gasteiger partial charge in [0.2, 0.25) is 0 Å². The topological polar surface area (TPSA) is 81.7 Å². The van der Waals surface area contributed by atoms with Crippen LogP contribution in [-0.2, 0) is 24.5 Å². The first kappa shape index (κ1) is 24.0. The summed E-state index contributed by atoms with van der Waals surface area (Å²) >= 11 is 6.12. The van der Waals surface area contributed by atoms with Gasteiger partial charge in [-0.05, 0) is 75.4 Å². The molecule has 0 bridgehead atoms. The van der Waals surface area contributed by atoms with Crippen LogP contribution in [0.15, 0.2) is 66.4 Å². The van der Waals surface area contributed by atoms with Crippen molar-refractivity contribution in [3.63, 3.8) is 0 Å². The van der Waals surface area contributed by atoms with E-state index in [2.05, 4.69) is 5.32 Å². The SMILES string of the molecule is CC(=O)C1CCC(c2ccc(Cl)cc2)([C@H]2C=C(O[C@H](C)C(=O)Oc3ccccc3)C(=O)N2)CC1. The van der Waals surface area contributed by atoms with Crippen LogP contribution in [0.25, 0.3) is 0 Å². The molecule has 6 nitrogen and oxygen atoms in total. The van der Waals surface area contributed by atoms with E-state index in [1.54, 1.807) is 44.2 Å². The molecule has 34 heavy (non-hydrogen) atoms. The fourth-order valence-electron chi connectivity index (χ4n) is 4.90. The second-order valence-electron chi connectivity index (χ2n) is 9.02. The first-order valence-corrected chi connectivity index (χ1v) is 11.9. The predicted octanol–water partition coefficient (Wildman–Crippen LogP) is 4.75. The average Bonchev–Trinajstić information content (AvgIpc) is 3.20. The Kier molecular flexibility index (Phi) is 7.08. The van der Waals surface area contributed by atoms with Gasteiger partial charge in [0.15, 0.2) is 11.9 Å². The first-order chi connectivity index (χ1) is 16.3. The number of ketones is 1. The zero-order chi connectivity index (χ0) is 24.3. The highest BCUT2D eigenvalue weighted by atomic mass is 35.5. The lowest BCUT2D eigenvalue weighted by molar-refractivity contribution is -0.144. The molecule has 178 valence electrons. The third-order valence-electron chi connectivity index (χ3n) is 6.89. The van der Waals surface area contributed by atoms with E-state index in [-0.39, 0.29) is 29.4 Å². The van der Waals surface area contributed by atoms with Gasteiger partial charge in [-0.15, -0.1) is 0 Å². The Balaban J connectivity index is 1.54. The summed E-state index contributed by atoms with van der Waals surface area (Å²) in [5.74, 6) is -0.209. The summed E-state index contributed by atoms with van der Waals surface area (Å²) in [6.45, 7) is 3.19. The molecule has 0 saturated heterocycles. The van der Waals surface area contributed by atoms with Gasteiger partial charge in [-0.25, -0.2) is 4.79 Å². The molecule has 0 unspecified atom stereocenters. The molecule has 7 heteroatoms. The molecule has 1 saturated carbocycles. The smallest absolute Gasteiger partial charge is 0.352 e. The van der Waals surface area contributed by atoms with Crippen LogP contribution >= 0.6 is 11.6 Å². The number of Topliss-reactive ketones (excluding diaryl/α,β-unsaturated/α-hetero) is 1. The summed E-state index contributed by atoms with van der Waals surface area (Å²) in [7, 11) is 0. The molecule has 2 aromatic carbocycles. The normalized spacial score (nSPS) is 25.1. The van der Waals surface area contributed by atoms with Crippen LogP contribution in [0.3, 0.4) is 0 Å². The van der Waals surface area contributed by atoms with Gasteiger partial charge in [0, 0.05) is 16.4 Å². The van der Waals surface area contributed by atoms with Gasteiger partial charge >= 0.3 is 5.97 Å². The Bertz CT molecular complexity index is 1090. The van der Waals surface area contributed by atoms with Crippen molar-refractivity contribution < 1.29 is 23.9 Å². The molecule has 2 aromatic rings. The Hall–Kier alpha value is -3.12. The summed E-state index contributed by atoms with van der Waals surface area (Å²) in [5, 5.41) is 3.68. The van der Waals surface area contributed by atoms with E-state index in [0.717, 1.165) is 31.2 Å². The number of nitrogens with one attached hydrogen (secondary N) is 1. The molecule has 2 atom stereocenters. The minimum atomic E-state index is -0.962. The lowest BCUT2D eigenvalue weighted by Crippen LogP contribution is -2.49. The van der Waals surface area contributed by atoms with Gasteiger partial charge in [0.05, 0.1) is 6.04 Å². The molecule has 1 amide bonds. The maximum absolute atomic E-state index is 12.8. The second kappa shape index (κ2) is 10.0. The number of carbonyl (C=O) groups excluding carboxylic acids is 3. The second-order valence-corrected chi connectivity index (χ2v) is 9.46. The fourth-order valence-corrected chi connectivity index (χ4v) is 5.02. The zero-order valence-electron chi connectivity index (χ0n) is 19.3. The molecule has 1 N–H and O–H groups in total. The highest BCUT2D eigenvalue weighted by molar-refractivity contribution is 6.30. The van der Waals surface area contributed by atoms with Gasteiger partial charge < -0.3 is 14.8 Å². The minimum Gasteiger partial charge on any atom is -0.473 e. The molecule has 0 spiro atoms. The summed E-state index contributed by atoms with van der Waals surface area (Å²) < 4.78 is 11.1. The van der Waals surface area contributed by atoms with E-state index >= 15 is 0 Å². The Morgan fingerprint density at radius 2 is 1.71 bits per heavy atom. The van der Waals surface area contributed by atoms with Crippen LogP contribution in [0.4, 0.5) is 0 Å². The Morgan fingerprint density at radius 3 is 2.32 bits per heavy atom. The summed E-state index contributed by atoms with van der Waals surface area (Å²) in [6, 6.07) is 16.0. The Labute approximate surface area is 204 Å². The monoisotopic (exact) mass is 481 g/mol. The van der Waals surface area contributed by atoms with E-state index in [4.69, 9.17) is 21.1 Å². The summed E-state index contributed by atoms with van der Waals surface area (Å²) in [6.07, 6.45) is 3.76. The summed E-state index contributed by atoms with van der Waals surface area (Å²) in [4.78, 5) is 37.2. The van der Waals surface area contributed by atoms with Gasteiger partial charge in [-0.2, -0.15) is 0 Å². The largest absolute Gasteiger partial charge is 0.473 e. The number of hydrogen-bond donors (Lipinski definition) is 1. The Morgan fingerprint density at radius 1 is 1.06 bits per heavy atom. The molecule has 0 radical (unpaired) electrons. The number of benzene rings is 2. The third-order valence-corrected chi connectivity index (χ3v) is 7.14. The van der Waals surface area contributed by atoms with Crippen LogP contribution < -0.4 is 10.1 Å². The van der Waals surface area contributed by atoms with Crippen LogP contribution in [0.5, 0.6) is 5.75 Å². The number of rotatable bonds is 7. The quantitative estimate of drug-likeness (QED) is 0.456. The van der Waals surface area contributed by atoms with Crippen molar-refractivity contribution >= 4 is 29.3 Å². The van der Waals surface area contributed by atoms with Crippen LogP contribution in [-0.4, -0.2) is 29.8 Å². The van der Waals surface area contributed by atoms with Crippen molar-refractivity contribution in [1.29, 1.82) is 0 Å². The fraction of sp³-hybridized carbons (Fsp3) is 0.370. The molecule has 4 rings (SSSR count). The number of amides is 1. The van der Waals surface area contributed by atoms with Gasteiger partial charge in [-0.1, -0.05) is 41.9 Å². The molecular weight excluding hydrogens is 454 g/mol. The highest BCUT2D eigenvalue weighted by Crippen LogP contribution is 2.46. The van der Waals surface area contributed by atoms with Gasteiger partial charge in [0.1, 0.15) is 11.5 Å². The van der Waals surface area contributed by atoms with E-state index in [0.29, 0.717) is 10.8 Å². The number of hydrogen-bond acceptors (Lipinski definition) is 5. The zero-order valence-corrected chi connectivity index (χ0v) is 20.0. The van der Waals surface area contributed by atoms with Crippen LogP contribution in [0.2, 0.25) is 5.02 Å². The average molecular weight is 482 g/mol. The van der Waals surface area contributed by atoms with Crippen molar-refractivity contribution in [1.82, 2.24) is 5.32 Å². The number of halogens is 1.